The van der Waals surface area contributed by atoms with Crippen molar-refractivity contribution >= 4 is 17.7 Å². The third-order valence-electron chi connectivity index (χ3n) is 6.55. The largest absolute Gasteiger partial charge is 0.497 e. The van der Waals surface area contributed by atoms with E-state index < -0.39 is 0 Å². The molecule has 174 valence electrons. The van der Waals surface area contributed by atoms with Crippen LogP contribution in [0.1, 0.15) is 64.2 Å². The predicted molar refractivity (Wildman–Crippen MR) is 124 cm³/mol. The zero-order valence-corrected chi connectivity index (χ0v) is 19.9. The highest BCUT2D eigenvalue weighted by Gasteiger charge is 2.32. The van der Waals surface area contributed by atoms with Gasteiger partial charge in [0.25, 0.3) is 5.22 Å². The smallest absolute Gasteiger partial charge is 0.277 e. The van der Waals surface area contributed by atoms with Gasteiger partial charge in [-0.3, -0.25) is 4.79 Å². The average Bonchev–Trinajstić information content (AvgIpc) is 3.33. The number of carbonyl (C=O) groups excluding carboxylic acids is 1. The van der Waals surface area contributed by atoms with Crippen LogP contribution in [0.4, 0.5) is 0 Å². The Morgan fingerprint density at radius 1 is 0.938 bits per heavy atom. The monoisotopic (exact) mass is 459 g/mol. The molecule has 1 heterocycles. The molecule has 1 amide bonds. The Hall–Kier alpha value is -2.22. The van der Waals surface area contributed by atoms with E-state index >= 15 is 0 Å². The molecule has 0 aliphatic heterocycles. The molecule has 32 heavy (non-hydrogen) atoms. The van der Waals surface area contributed by atoms with Crippen molar-refractivity contribution < 1.29 is 18.7 Å². The maximum absolute atomic E-state index is 13.3. The number of amides is 1. The molecule has 0 radical (unpaired) electrons. The lowest BCUT2D eigenvalue weighted by Gasteiger charge is -2.41. The molecule has 0 bridgehead atoms. The van der Waals surface area contributed by atoms with E-state index in [1.54, 1.807) is 20.3 Å². The molecule has 0 unspecified atom stereocenters. The van der Waals surface area contributed by atoms with Gasteiger partial charge >= 0.3 is 0 Å². The van der Waals surface area contributed by atoms with Crippen LogP contribution in [0, 0.1) is 0 Å². The summed E-state index contributed by atoms with van der Waals surface area (Å²) in [6.07, 6.45) is 12.0. The van der Waals surface area contributed by atoms with Gasteiger partial charge in [0.15, 0.2) is 0 Å². The van der Waals surface area contributed by atoms with Gasteiger partial charge in [-0.2, -0.15) is 0 Å². The highest BCUT2D eigenvalue weighted by atomic mass is 32.2. The molecule has 2 aromatic rings. The molecule has 2 aliphatic rings. The van der Waals surface area contributed by atoms with Gasteiger partial charge in [-0.25, -0.2) is 0 Å². The molecule has 0 atom stereocenters. The van der Waals surface area contributed by atoms with Crippen LogP contribution in [-0.4, -0.2) is 53.1 Å². The highest BCUT2D eigenvalue weighted by molar-refractivity contribution is 7.99. The number of aromatic nitrogens is 2. The second-order valence-corrected chi connectivity index (χ2v) is 9.57. The van der Waals surface area contributed by atoms with Crippen LogP contribution in [0.5, 0.6) is 11.5 Å². The van der Waals surface area contributed by atoms with Crippen LogP contribution < -0.4 is 9.47 Å². The van der Waals surface area contributed by atoms with Crippen LogP contribution in [0.3, 0.4) is 0 Å². The van der Waals surface area contributed by atoms with Crippen molar-refractivity contribution in [2.75, 3.05) is 20.0 Å². The number of ether oxygens (including phenoxy) is 2. The molecule has 2 saturated carbocycles. The molecule has 2 aliphatic carbocycles. The minimum atomic E-state index is 0.205. The van der Waals surface area contributed by atoms with Crippen LogP contribution in [0.25, 0.3) is 11.5 Å². The van der Waals surface area contributed by atoms with Gasteiger partial charge < -0.3 is 18.8 Å². The van der Waals surface area contributed by atoms with E-state index in [2.05, 4.69) is 15.1 Å². The Balaban J connectivity index is 1.43. The summed E-state index contributed by atoms with van der Waals surface area (Å²) in [6.45, 7) is 0. The predicted octanol–water partition coefficient (Wildman–Crippen LogP) is 5.34. The number of carbonyl (C=O) groups is 1. The molecule has 4 rings (SSSR count). The van der Waals surface area contributed by atoms with Crippen molar-refractivity contribution in [3.63, 3.8) is 0 Å². The van der Waals surface area contributed by atoms with Gasteiger partial charge in [0.1, 0.15) is 11.5 Å². The number of rotatable bonds is 8. The molecule has 1 aromatic heterocycles. The maximum Gasteiger partial charge on any atom is 0.277 e. The van der Waals surface area contributed by atoms with Crippen molar-refractivity contribution in [3.8, 4) is 23.0 Å². The summed E-state index contributed by atoms with van der Waals surface area (Å²) in [5.41, 5.74) is 0.720. The van der Waals surface area contributed by atoms with Crippen molar-refractivity contribution in [1.29, 1.82) is 0 Å². The first-order valence-corrected chi connectivity index (χ1v) is 12.7. The average molecular weight is 460 g/mol. The van der Waals surface area contributed by atoms with E-state index in [9.17, 15) is 4.79 Å². The summed E-state index contributed by atoms with van der Waals surface area (Å²) in [5, 5.41) is 8.73. The van der Waals surface area contributed by atoms with Crippen LogP contribution in [0.15, 0.2) is 27.8 Å². The molecule has 8 heteroatoms. The standard InChI is InChI=1S/C24H33N3O4S/c1-29-20-13-17(14-21(15-20)30-2)23-25-26-24(31-23)32-16-22(28)27(18-9-5-3-6-10-18)19-11-7-4-8-12-19/h13-15,18-19H,3-12,16H2,1-2H3. The van der Waals surface area contributed by atoms with E-state index in [-0.39, 0.29) is 5.91 Å². The van der Waals surface area contributed by atoms with E-state index in [1.807, 2.05) is 12.1 Å². The Morgan fingerprint density at radius 2 is 1.50 bits per heavy atom. The minimum Gasteiger partial charge on any atom is -0.497 e. The van der Waals surface area contributed by atoms with Gasteiger partial charge in [-0.1, -0.05) is 50.3 Å². The van der Waals surface area contributed by atoms with Gasteiger partial charge in [-0.15, -0.1) is 10.2 Å². The molecule has 0 N–H and O–H groups in total. The summed E-state index contributed by atoms with van der Waals surface area (Å²) in [5.74, 6) is 2.22. The molecular formula is C24H33N3O4S. The fraction of sp³-hybridized carbons (Fsp3) is 0.625. The van der Waals surface area contributed by atoms with E-state index in [4.69, 9.17) is 13.9 Å². The first-order chi connectivity index (χ1) is 15.7. The molecule has 0 spiro atoms. The van der Waals surface area contributed by atoms with Gasteiger partial charge in [-0.05, 0) is 37.8 Å². The first-order valence-electron chi connectivity index (χ1n) is 11.7. The Bertz CT molecular complexity index is 851. The Labute approximate surface area is 194 Å². The third-order valence-corrected chi connectivity index (χ3v) is 7.35. The SMILES string of the molecule is COc1cc(OC)cc(-c2nnc(SCC(=O)N(C3CCCCC3)C3CCCCC3)o2)c1. The number of hydrogen-bond acceptors (Lipinski definition) is 7. The zero-order chi connectivity index (χ0) is 22.3. The normalized spacial score (nSPS) is 17.8. The molecule has 0 saturated heterocycles. The lowest BCUT2D eigenvalue weighted by Crippen LogP contribution is -2.49. The third kappa shape index (κ3) is 5.57. The summed E-state index contributed by atoms with van der Waals surface area (Å²) >= 11 is 1.33. The topological polar surface area (TPSA) is 77.7 Å². The second kappa shape index (κ2) is 11.1. The second-order valence-electron chi connectivity index (χ2n) is 8.65. The number of methoxy groups -OCH3 is 2. The zero-order valence-electron chi connectivity index (χ0n) is 19.0. The van der Waals surface area contributed by atoms with E-state index in [1.165, 1.54) is 50.3 Å². The van der Waals surface area contributed by atoms with Crippen LogP contribution >= 0.6 is 11.8 Å². The van der Waals surface area contributed by atoms with E-state index in [0.29, 0.717) is 40.4 Å². The summed E-state index contributed by atoms with van der Waals surface area (Å²) in [6, 6.07) is 6.22. The number of nitrogens with zero attached hydrogens (tertiary/aromatic N) is 3. The van der Waals surface area contributed by atoms with Gasteiger partial charge in [0.05, 0.1) is 20.0 Å². The number of benzene rings is 1. The van der Waals surface area contributed by atoms with Crippen molar-refractivity contribution in [1.82, 2.24) is 15.1 Å². The fourth-order valence-electron chi connectivity index (χ4n) is 4.94. The molecular weight excluding hydrogens is 426 g/mol. The summed E-state index contributed by atoms with van der Waals surface area (Å²) < 4.78 is 16.5. The molecule has 7 nitrogen and oxygen atoms in total. The number of hydrogen-bond donors (Lipinski definition) is 0. The quantitative estimate of drug-likeness (QED) is 0.493. The summed E-state index contributed by atoms with van der Waals surface area (Å²) in [4.78, 5) is 15.6. The maximum atomic E-state index is 13.3. The van der Waals surface area contributed by atoms with Crippen molar-refractivity contribution in [3.05, 3.63) is 18.2 Å². The first kappa shape index (κ1) is 23.0. The van der Waals surface area contributed by atoms with Gasteiger partial charge in [0.2, 0.25) is 11.8 Å². The lowest BCUT2D eigenvalue weighted by molar-refractivity contribution is -0.135. The summed E-state index contributed by atoms with van der Waals surface area (Å²) in [7, 11) is 3.20. The van der Waals surface area contributed by atoms with Crippen LogP contribution in [0.2, 0.25) is 0 Å². The van der Waals surface area contributed by atoms with Gasteiger partial charge in [0, 0.05) is 23.7 Å². The number of thioether (sulfide) groups is 1. The van der Waals surface area contributed by atoms with Crippen molar-refractivity contribution in [2.24, 2.45) is 0 Å². The lowest BCUT2D eigenvalue weighted by atomic mass is 9.88. The molecule has 2 fully saturated rings. The van der Waals surface area contributed by atoms with Crippen molar-refractivity contribution in [2.45, 2.75) is 81.5 Å². The Kier molecular flexibility index (Phi) is 7.95. The minimum absolute atomic E-state index is 0.205. The van der Waals surface area contributed by atoms with E-state index in [0.717, 1.165) is 31.2 Å². The highest BCUT2D eigenvalue weighted by Crippen LogP contribution is 2.33. The Morgan fingerprint density at radius 3 is 2.03 bits per heavy atom. The fourth-order valence-corrected chi connectivity index (χ4v) is 5.57. The molecule has 1 aromatic carbocycles. The van der Waals surface area contributed by atoms with Crippen LogP contribution in [-0.2, 0) is 4.79 Å².